The molecule has 1 saturated heterocycles. The molecule has 3 rings (SSSR count). The van der Waals surface area contributed by atoms with Gasteiger partial charge >= 0.3 is 0 Å². The zero-order valence-corrected chi connectivity index (χ0v) is 13.0. The van der Waals surface area contributed by atoms with Crippen LogP contribution in [-0.2, 0) is 0 Å². The van der Waals surface area contributed by atoms with Crippen molar-refractivity contribution in [2.24, 2.45) is 0 Å². The topological polar surface area (TPSA) is 49.4 Å². The minimum Gasteiger partial charge on any atom is -0.349 e. The lowest BCUT2D eigenvalue weighted by Gasteiger charge is -2.32. The van der Waals surface area contributed by atoms with Crippen LogP contribution >= 0.6 is 11.3 Å². The monoisotopic (exact) mass is 314 g/mol. The molecule has 1 aliphatic rings. The molecule has 0 radical (unpaired) electrons. The molecule has 0 spiro atoms. The Bertz CT molecular complexity index is 632. The fourth-order valence-electron chi connectivity index (χ4n) is 2.65. The van der Waals surface area contributed by atoms with E-state index in [0.717, 1.165) is 18.4 Å². The van der Waals surface area contributed by atoms with E-state index in [0.29, 0.717) is 18.7 Å². The number of benzene rings is 1. The van der Waals surface area contributed by atoms with Crippen LogP contribution in [0, 0.1) is 0 Å². The van der Waals surface area contributed by atoms with Gasteiger partial charge in [-0.3, -0.25) is 9.59 Å². The fraction of sp³-hybridized carbons (Fsp3) is 0.294. The maximum Gasteiger partial charge on any atom is 0.253 e. The van der Waals surface area contributed by atoms with E-state index in [1.54, 1.807) is 0 Å². The molecule has 1 aromatic heterocycles. The first-order valence-electron chi connectivity index (χ1n) is 7.41. The third kappa shape index (κ3) is 3.36. The summed E-state index contributed by atoms with van der Waals surface area (Å²) in [7, 11) is 0. The van der Waals surface area contributed by atoms with Gasteiger partial charge in [0.15, 0.2) is 0 Å². The molecular weight excluding hydrogens is 296 g/mol. The molecule has 0 bridgehead atoms. The van der Waals surface area contributed by atoms with Gasteiger partial charge in [-0.1, -0.05) is 18.2 Å². The van der Waals surface area contributed by atoms with Gasteiger partial charge in [0.25, 0.3) is 11.8 Å². The van der Waals surface area contributed by atoms with Gasteiger partial charge in [0.2, 0.25) is 0 Å². The van der Waals surface area contributed by atoms with Crippen LogP contribution in [0.1, 0.15) is 33.6 Å². The van der Waals surface area contributed by atoms with Gasteiger partial charge in [0.1, 0.15) is 0 Å². The highest BCUT2D eigenvalue weighted by molar-refractivity contribution is 7.08. The molecule has 1 aromatic carbocycles. The van der Waals surface area contributed by atoms with E-state index in [4.69, 9.17) is 0 Å². The van der Waals surface area contributed by atoms with Crippen molar-refractivity contribution in [3.63, 3.8) is 0 Å². The lowest BCUT2D eigenvalue weighted by molar-refractivity contribution is 0.0698. The van der Waals surface area contributed by atoms with Gasteiger partial charge in [0.05, 0.1) is 0 Å². The summed E-state index contributed by atoms with van der Waals surface area (Å²) in [6, 6.07) is 11.3. The quantitative estimate of drug-likeness (QED) is 0.947. The predicted molar refractivity (Wildman–Crippen MR) is 87.2 cm³/mol. The van der Waals surface area contributed by atoms with Gasteiger partial charge in [0, 0.05) is 35.6 Å². The highest BCUT2D eigenvalue weighted by Gasteiger charge is 2.24. The van der Waals surface area contributed by atoms with E-state index in [-0.39, 0.29) is 17.9 Å². The Kier molecular flexibility index (Phi) is 4.53. The lowest BCUT2D eigenvalue weighted by atomic mass is 10.0. The van der Waals surface area contributed by atoms with Crippen LogP contribution in [0.25, 0.3) is 0 Å². The summed E-state index contributed by atoms with van der Waals surface area (Å²) in [6.45, 7) is 1.37. The number of nitrogens with zero attached hydrogens (tertiary/aromatic N) is 1. The second-order valence-corrected chi connectivity index (χ2v) is 6.20. The summed E-state index contributed by atoms with van der Waals surface area (Å²) in [6.07, 6.45) is 1.60. The Labute approximate surface area is 133 Å². The average molecular weight is 314 g/mol. The molecule has 2 aromatic rings. The molecule has 0 saturated carbocycles. The predicted octanol–water partition coefficient (Wildman–Crippen LogP) is 2.78. The zero-order valence-electron chi connectivity index (χ0n) is 12.2. The summed E-state index contributed by atoms with van der Waals surface area (Å²) in [5.41, 5.74) is 1.44. The number of nitrogens with one attached hydrogen (secondary N) is 1. The maximum atomic E-state index is 12.4. The number of thiophene rings is 1. The molecule has 2 heterocycles. The Hall–Kier alpha value is -2.14. The second-order valence-electron chi connectivity index (χ2n) is 5.42. The van der Waals surface area contributed by atoms with Crippen molar-refractivity contribution in [3.8, 4) is 0 Å². The first kappa shape index (κ1) is 14.8. The normalized spacial score (nSPS) is 15.5. The van der Waals surface area contributed by atoms with E-state index >= 15 is 0 Å². The van der Waals surface area contributed by atoms with E-state index in [1.807, 2.05) is 52.1 Å². The lowest BCUT2D eigenvalue weighted by Crippen LogP contribution is -2.46. The molecule has 22 heavy (non-hydrogen) atoms. The van der Waals surface area contributed by atoms with Crippen molar-refractivity contribution in [3.05, 3.63) is 58.3 Å². The summed E-state index contributed by atoms with van der Waals surface area (Å²) in [5.74, 6) is 0.0531. The standard InChI is InChI=1S/C17H18N2O2S/c20-16(14-8-11-22-12-14)18-15-6-9-19(10-7-15)17(21)13-4-2-1-3-5-13/h1-5,8,11-12,15H,6-7,9-10H2,(H,18,20). The van der Waals surface area contributed by atoms with Crippen molar-refractivity contribution < 1.29 is 9.59 Å². The van der Waals surface area contributed by atoms with E-state index in [2.05, 4.69) is 5.32 Å². The van der Waals surface area contributed by atoms with Crippen LogP contribution in [0.4, 0.5) is 0 Å². The van der Waals surface area contributed by atoms with Crippen LogP contribution < -0.4 is 5.32 Å². The van der Waals surface area contributed by atoms with Gasteiger partial charge in [-0.05, 0) is 36.4 Å². The number of piperidine rings is 1. The average Bonchev–Trinajstić information content (AvgIpc) is 3.10. The number of amides is 2. The smallest absolute Gasteiger partial charge is 0.253 e. The maximum absolute atomic E-state index is 12.4. The van der Waals surface area contributed by atoms with Crippen LogP contribution in [-0.4, -0.2) is 35.8 Å². The molecule has 5 heteroatoms. The number of hydrogen-bond donors (Lipinski definition) is 1. The zero-order chi connectivity index (χ0) is 15.4. The number of rotatable bonds is 3. The number of likely N-dealkylation sites (tertiary alicyclic amines) is 1. The van der Waals surface area contributed by atoms with Gasteiger partial charge in [-0.2, -0.15) is 11.3 Å². The molecule has 2 amide bonds. The largest absolute Gasteiger partial charge is 0.349 e. The molecule has 0 aliphatic carbocycles. The molecular formula is C17H18N2O2S. The van der Waals surface area contributed by atoms with Gasteiger partial charge < -0.3 is 10.2 Å². The SMILES string of the molecule is O=C(NC1CCN(C(=O)c2ccccc2)CC1)c1ccsc1. The number of hydrogen-bond acceptors (Lipinski definition) is 3. The Morgan fingerprint density at radius 1 is 1.05 bits per heavy atom. The molecule has 4 nitrogen and oxygen atoms in total. The van der Waals surface area contributed by atoms with Crippen molar-refractivity contribution in [2.75, 3.05) is 13.1 Å². The Morgan fingerprint density at radius 3 is 2.41 bits per heavy atom. The van der Waals surface area contributed by atoms with E-state index < -0.39 is 0 Å². The van der Waals surface area contributed by atoms with E-state index in [1.165, 1.54) is 11.3 Å². The minimum atomic E-state index is -0.0194. The Balaban J connectivity index is 1.52. The molecule has 0 unspecified atom stereocenters. The first-order valence-corrected chi connectivity index (χ1v) is 8.36. The van der Waals surface area contributed by atoms with Crippen molar-refractivity contribution in [1.29, 1.82) is 0 Å². The van der Waals surface area contributed by atoms with Crippen LogP contribution in [0.15, 0.2) is 47.2 Å². The van der Waals surface area contributed by atoms with Gasteiger partial charge in [-0.15, -0.1) is 0 Å². The third-order valence-corrected chi connectivity index (χ3v) is 4.60. The van der Waals surface area contributed by atoms with Gasteiger partial charge in [-0.25, -0.2) is 0 Å². The highest BCUT2D eigenvalue weighted by atomic mass is 32.1. The first-order chi connectivity index (χ1) is 10.7. The number of carbonyl (C=O) groups excluding carboxylic acids is 2. The third-order valence-electron chi connectivity index (χ3n) is 3.92. The molecule has 1 N–H and O–H groups in total. The number of carbonyl (C=O) groups is 2. The summed E-state index contributed by atoms with van der Waals surface area (Å²) in [5, 5.41) is 6.80. The second kappa shape index (κ2) is 6.75. The summed E-state index contributed by atoms with van der Waals surface area (Å²) in [4.78, 5) is 26.2. The molecule has 114 valence electrons. The van der Waals surface area contributed by atoms with E-state index in [9.17, 15) is 9.59 Å². The summed E-state index contributed by atoms with van der Waals surface area (Å²) < 4.78 is 0. The van der Waals surface area contributed by atoms with Crippen LogP contribution in [0.5, 0.6) is 0 Å². The highest BCUT2D eigenvalue weighted by Crippen LogP contribution is 2.15. The molecule has 1 aliphatic heterocycles. The van der Waals surface area contributed by atoms with Crippen molar-refractivity contribution >= 4 is 23.2 Å². The fourth-order valence-corrected chi connectivity index (χ4v) is 3.29. The van der Waals surface area contributed by atoms with Crippen molar-refractivity contribution in [1.82, 2.24) is 10.2 Å². The van der Waals surface area contributed by atoms with Crippen LogP contribution in [0.2, 0.25) is 0 Å². The molecule has 1 fully saturated rings. The van der Waals surface area contributed by atoms with Crippen LogP contribution in [0.3, 0.4) is 0 Å². The minimum absolute atomic E-state index is 0.0194. The molecule has 0 atom stereocenters. The van der Waals surface area contributed by atoms with Crippen molar-refractivity contribution in [2.45, 2.75) is 18.9 Å². The Morgan fingerprint density at radius 2 is 1.77 bits per heavy atom. The summed E-state index contributed by atoms with van der Waals surface area (Å²) >= 11 is 1.52.